The minimum Gasteiger partial charge on any atom is -0.233 e. The van der Waals surface area contributed by atoms with Crippen LogP contribution >= 0.6 is 11.6 Å². The van der Waals surface area contributed by atoms with Crippen LogP contribution in [0.25, 0.3) is 0 Å². The van der Waals surface area contributed by atoms with Crippen LogP contribution in [0.5, 0.6) is 0 Å². The maximum atomic E-state index is 11.0. The average molecular weight is 221 g/mol. The second-order valence-corrected chi connectivity index (χ2v) is 4.78. The van der Waals surface area contributed by atoms with Crippen molar-refractivity contribution in [2.75, 3.05) is 10.7 Å². The first-order valence-corrected chi connectivity index (χ1v) is 5.65. The van der Waals surface area contributed by atoms with Crippen LogP contribution in [0.2, 0.25) is 5.02 Å². The molecule has 0 heterocycles. The Morgan fingerprint density at radius 1 is 1.38 bits per heavy atom. The summed E-state index contributed by atoms with van der Waals surface area (Å²) in [6.45, 7) is 0. The van der Waals surface area contributed by atoms with Crippen LogP contribution in [0.1, 0.15) is 0 Å². The average Bonchev–Trinajstić information content (AvgIpc) is 2.02. The van der Waals surface area contributed by atoms with Crippen molar-refractivity contribution < 1.29 is 8.42 Å². The summed E-state index contributed by atoms with van der Waals surface area (Å²) < 4.78 is 22.7. The Balaban J connectivity index is 3.17. The quantitative estimate of drug-likeness (QED) is 0.597. The maximum absolute atomic E-state index is 11.0. The Labute approximate surface area is 81.9 Å². The number of hydrazine groups is 1. The fourth-order valence-electron chi connectivity index (χ4n) is 0.809. The van der Waals surface area contributed by atoms with Crippen molar-refractivity contribution in [1.29, 1.82) is 0 Å². The number of benzene rings is 1. The first kappa shape index (κ1) is 10.3. The molecule has 0 atom stereocenters. The number of rotatable bonds is 2. The fraction of sp³-hybridized carbons (Fsp3) is 0.143. The van der Waals surface area contributed by atoms with Gasteiger partial charge in [0, 0.05) is 0 Å². The lowest BCUT2D eigenvalue weighted by Gasteiger charge is -2.16. The molecule has 13 heavy (non-hydrogen) atoms. The minimum atomic E-state index is -3.45. The van der Waals surface area contributed by atoms with E-state index >= 15 is 0 Å². The Kier molecular flexibility index (Phi) is 2.80. The van der Waals surface area contributed by atoms with Crippen LogP contribution in [0.4, 0.5) is 5.69 Å². The van der Waals surface area contributed by atoms with E-state index in [1.807, 2.05) is 0 Å². The minimum absolute atomic E-state index is 0.270. The number of hydrogen-bond donors (Lipinski definition) is 1. The summed E-state index contributed by atoms with van der Waals surface area (Å²) >= 11 is 5.74. The molecule has 0 fully saturated rings. The van der Waals surface area contributed by atoms with Crippen molar-refractivity contribution in [2.24, 2.45) is 5.84 Å². The molecule has 72 valence electrons. The molecule has 0 unspecified atom stereocenters. The molecule has 1 aromatic carbocycles. The van der Waals surface area contributed by atoms with Crippen LogP contribution in [0, 0.1) is 0 Å². The number of para-hydroxylation sites is 1. The molecule has 1 rings (SSSR count). The first-order valence-electron chi connectivity index (χ1n) is 3.42. The number of halogens is 1. The molecular weight excluding hydrogens is 212 g/mol. The molecule has 0 aliphatic heterocycles. The third-order valence-electron chi connectivity index (χ3n) is 1.45. The van der Waals surface area contributed by atoms with Crippen LogP contribution in [-0.4, -0.2) is 14.7 Å². The molecule has 0 saturated carbocycles. The number of sulfonamides is 1. The lowest BCUT2D eigenvalue weighted by molar-refractivity contribution is 0.598. The van der Waals surface area contributed by atoms with E-state index in [-0.39, 0.29) is 5.69 Å². The van der Waals surface area contributed by atoms with E-state index in [9.17, 15) is 8.42 Å². The molecule has 1 aromatic rings. The standard InChI is InChI=1S/C7H9ClN2O2S/c1-13(11,12)10(9)7-5-3-2-4-6(7)8/h2-5H,9H2,1H3. The van der Waals surface area contributed by atoms with E-state index in [4.69, 9.17) is 17.4 Å². The topological polar surface area (TPSA) is 63.4 Å². The molecule has 0 bridgehead atoms. The molecule has 6 heteroatoms. The van der Waals surface area contributed by atoms with Gasteiger partial charge in [0.2, 0.25) is 10.0 Å². The predicted octanol–water partition coefficient (Wildman–Crippen LogP) is 0.980. The van der Waals surface area contributed by atoms with Gasteiger partial charge in [-0.25, -0.2) is 18.7 Å². The van der Waals surface area contributed by atoms with Gasteiger partial charge in [-0.15, -0.1) is 0 Å². The zero-order valence-electron chi connectivity index (χ0n) is 6.94. The van der Waals surface area contributed by atoms with Gasteiger partial charge in [0.1, 0.15) is 0 Å². The lowest BCUT2D eigenvalue weighted by Crippen LogP contribution is -2.36. The molecular formula is C7H9ClN2O2S. The van der Waals surface area contributed by atoms with Crippen molar-refractivity contribution in [3.05, 3.63) is 29.3 Å². The summed E-state index contributed by atoms with van der Waals surface area (Å²) in [5, 5.41) is 0.301. The molecule has 0 spiro atoms. The van der Waals surface area contributed by atoms with E-state index < -0.39 is 10.0 Å². The largest absolute Gasteiger partial charge is 0.245 e. The second-order valence-electron chi connectivity index (χ2n) is 2.51. The maximum Gasteiger partial charge on any atom is 0.245 e. The van der Waals surface area contributed by atoms with Crippen molar-refractivity contribution in [1.82, 2.24) is 0 Å². The highest BCUT2D eigenvalue weighted by molar-refractivity contribution is 7.92. The summed E-state index contributed by atoms with van der Waals surface area (Å²) in [7, 11) is -3.45. The molecule has 0 aliphatic carbocycles. The fourth-order valence-corrected chi connectivity index (χ4v) is 1.60. The number of hydrogen-bond acceptors (Lipinski definition) is 3. The van der Waals surface area contributed by atoms with Crippen molar-refractivity contribution in [3.63, 3.8) is 0 Å². The van der Waals surface area contributed by atoms with Crippen LogP contribution in [0.3, 0.4) is 0 Å². The van der Waals surface area contributed by atoms with Crippen molar-refractivity contribution >= 4 is 27.3 Å². The number of nitrogens with two attached hydrogens (primary N) is 1. The summed E-state index contributed by atoms with van der Waals surface area (Å²) in [6.07, 6.45) is 1.01. The molecule has 0 saturated heterocycles. The SMILES string of the molecule is CS(=O)(=O)N(N)c1ccccc1Cl. The first-order chi connectivity index (χ1) is 5.93. The van der Waals surface area contributed by atoms with Gasteiger partial charge < -0.3 is 0 Å². The molecule has 4 nitrogen and oxygen atoms in total. The zero-order valence-corrected chi connectivity index (χ0v) is 8.51. The molecule has 0 aromatic heterocycles. The van der Waals surface area contributed by atoms with Crippen molar-refractivity contribution in [3.8, 4) is 0 Å². The monoisotopic (exact) mass is 220 g/mol. The van der Waals surface area contributed by atoms with Gasteiger partial charge in [-0.2, -0.15) is 0 Å². The Hall–Kier alpha value is -0.780. The Morgan fingerprint density at radius 3 is 2.38 bits per heavy atom. The summed E-state index contributed by atoms with van der Waals surface area (Å²) in [5.74, 6) is 5.33. The van der Waals surface area contributed by atoms with Gasteiger partial charge in [0.25, 0.3) is 0 Å². The van der Waals surface area contributed by atoms with Gasteiger partial charge >= 0.3 is 0 Å². The molecule has 0 radical (unpaired) electrons. The van der Waals surface area contributed by atoms with Gasteiger partial charge in [0.05, 0.1) is 17.0 Å². The van der Waals surface area contributed by atoms with Gasteiger partial charge in [-0.05, 0) is 12.1 Å². The molecule has 2 N–H and O–H groups in total. The Bertz CT molecular complexity index is 405. The van der Waals surface area contributed by atoms with E-state index in [1.165, 1.54) is 6.07 Å². The normalized spacial score (nSPS) is 11.3. The van der Waals surface area contributed by atoms with E-state index in [2.05, 4.69) is 0 Å². The lowest BCUT2D eigenvalue weighted by atomic mass is 10.3. The smallest absolute Gasteiger partial charge is 0.233 e. The van der Waals surface area contributed by atoms with Crippen LogP contribution in [-0.2, 0) is 10.0 Å². The van der Waals surface area contributed by atoms with Crippen LogP contribution in [0.15, 0.2) is 24.3 Å². The summed E-state index contributed by atoms with van der Waals surface area (Å²) in [4.78, 5) is 0. The molecule has 0 aliphatic rings. The van der Waals surface area contributed by atoms with E-state index in [0.29, 0.717) is 9.44 Å². The third kappa shape index (κ3) is 2.33. The van der Waals surface area contributed by atoms with Crippen molar-refractivity contribution in [2.45, 2.75) is 0 Å². The zero-order chi connectivity index (χ0) is 10.1. The van der Waals surface area contributed by atoms with Crippen LogP contribution < -0.4 is 10.3 Å². The summed E-state index contributed by atoms with van der Waals surface area (Å²) in [6, 6.07) is 6.46. The highest BCUT2D eigenvalue weighted by Gasteiger charge is 2.14. The summed E-state index contributed by atoms with van der Waals surface area (Å²) in [5.41, 5.74) is 0.270. The Morgan fingerprint density at radius 2 is 1.92 bits per heavy atom. The van der Waals surface area contributed by atoms with E-state index in [1.54, 1.807) is 18.2 Å². The molecule has 0 amide bonds. The highest BCUT2D eigenvalue weighted by Crippen LogP contribution is 2.24. The van der Waals surface area contributed by atoms with Gasteiger partial charge in [-0.1, -0.05) is 23.7 Å². The third-order valence-corrected chi connectivity index (χ3v) is 2.68. The predicted molar refractivity (Wildman–Crippen MR) is 53.0 cm³/mol. The highest BCUT2D eigenvalue weighted by atomic mass is 35.5. The van der Waals surface area contributed by atoms with Gasteiger partial charge in [-0.3, -0.25) is 0 Å². The number of anilines is 1. The van der Waals surface area contributed by atoms with Gasteiger partial charge in [0.15, 0.2) is 0 Å². The second kappa shape index (κ2) is 3.53. The van der Waals surface area contributed by atoms with E-state index in [0.717, 1.165) is 6.26 Å². The number of nitrogens with zero attached hydrogens (tertiary/aromatic N) is 1.